The fourth-order valence-corrected chi connectivity index (χ4v) is 3.94. The van der Waals surface area contributed by atoms with Crippen molar-refractivity contribution in [3.05, 3.63) is 88.4 Å². The molecule has 0 saturated heterocycles. The fourth-order valence-electron chi connectivity index (χ4n) is 3.24. The Morgan fingerprint density at radius 3 is 2.17 bits per heavy atom. The highest BCUT2D eigenvalue weighted by molar-refractivity contribution is 9.10. The maximum absolute atomic E-state index is 12.6. The number of ether oxygens (including phenoxy) is 1. The first kappa shape index (κ1) is 26.4. The Morgan fingerprint density at radius 2 is 1.51 bits per heavy atom. The average molecular weight is 555 g/mol. The van der Waals surface area contributed by atoms with E-state index in [-0.39, 0.29) is 16.9 Å². The lowest BCUT2D eigenvalue weighted by Gasteiger charge is -2.12. The number of hydrogen-bond donors (Lipinski definition) is 3. The van der Waals surface area contributed by atoms with E-state index in [1.165, 1.54) is 12.8 Å². The van der Waals surface area contributed by atoms with E-state index in [2.05, 4.69) is 38.8 Å². The summed E-state index contributed by atoms with van der Waals surface area (Å²) in [5.74, 6) is 0.191. The van der Waals surface area contributed by atoms with Crippen molar-refractivity contribution in [1.82, 2.24) is 5.32 Å². The molecule has 3 aromatic carbocycles. The molecule has 0 aliphatic rings. The van der Waals surface area contributed by atoms with Gasteiger partial charge in [0.2, 0.25) is 0 Å². The second-order valence-electron chi connectivity index (χ2n) is 7.86. The Bertz CT molecular complexity index is 1150. The molecule has 0 heterocycles. The van der Waals surface area contributed by atoms with Gasteiger partial charge >= 0.3 is 0 Å². The topological polar surface area (TPSA) is 79.5 Å². The third kappa shape index (κ3) is 8.49. The van der Waals surface area contributed by atoms with Gasteiger partial charge in [-0.25, -0.2) is 0 Å². The number of halogens is 1. The summed E-state index contributed by atoms with van der Waals surface area (Å²) >= 11 is 8.75. The van der Waals surface area contributed by atoms with Crippen molar-refractivity contribution < 1.29 is 14.3 Å². The zero-order valence-corrected chi connectivity index (χ0v) is 21.9. The van der Waals surface area contributed by atoms with Crippen molar-refractivity contribution in [2.24, 2.45) is 0 Å². The number of anilines is 2. The maximum atomic E-state index is 12.6. The number of unbranched alkanes of at least 4 members (excludes halogenated alkanes) is 3. The quantitative estimate of drug-likeness (QED) is 0.190. The summed E-state index contributed by atoms with van der Waals surface area (Å²) in [7, 11) is 0. The minimum absolute atomic E-state index is 0.170. The SMILES string of the molecule is CCCCCCOc1ccc(C(=O)NC(=S)Nc2ccc(NC(=O)c3ccccc3)cc2)cc1Br. The van der Waals surface area contributed by atoms with Gasteiger partial charge in [-0.1, -0.05) is 44.4 Å². The second kappa shape index (κ2) is 13.6. The largest absolute Gasteiger partial charge is 0.492 e. The molecule has 182 valence electrons. The van der Waals surface area contributed by atoms with E-state index in [1.54, 1.807) is 54.6 Å². The van der Waals surface area contributed by atoms with Gasteiger partial charge in [0.1, 0.15) is 5.75 Å². The number of amides is 2. The zero-order chi connectivity index (χ0) is 25.0. The summed E-state index contributed by atoms with van der Waals surface area (Å²) in [6, 6.07) is 21.2. The summed E-state index contributed by atoms with van der Waals surface area (Å²) in [6.45, 7) is 2.82. The lowest BCUT2D eigenvalue weighted by atomic mass is 10.2. The Labute approximate surface area is 219 Å². The smallest absolute Gasteiger partial charge is 0.257 e. The van der Waals surface area contributed by atoms with Crippen molar-refractivity contribution in [2.45, 2.75) is 32.6 Å². The summed E-state index contributed by atoms with van der Waals surface area (Å²) in [4.78, 5) is 24.9. The van der Waals surface area contributed by atoms with Crippen molar-refractivity contribution in [3.63, 3.8) is 0 Å². The monoisotopic (exact) mass is 553 g/mol. The van der Waals surface area contributed by atoms with E-state index in [4.69, 9.17) is 17.0 Å². The molecule has 0 bridgehead atoms. The fraction of sp³-hybridized carbons (Fsp3) is 0.222. The summed E-state index contributed by atoms with van der Waals surface area (Å²) in [5.41, 5.74) is 2.37. The molecular formula is C27H28BrN3O3S. The van der Waals surface area contributed by atoms with Gasteiger partial charge in [-0.15, -0.1) is 0 Å². The van der Waals surface area contributed by atoms with Crippen LogP contribution >= 0.6 is 28.1 Å². The predicted molar refractivity (Wildman–Crippen MR) is 148 cm³/mol. The molecule has 0 saturated carbocycles. The molecule has 0 aromatic heterocycles. The molecule has 0 atom stereocenters. The number of thiocarbonyl (C=S) groups is 1. The Balaban J connectivity index is 1.48. The number of benzene rings is 3. The Kier molecular flexibility index (Phi) is 10.3. The lowest BCUT2D eigenvalue weighted by molar-refractivity contribution is 0.0976. The molecule has 2 amide bonds. The Morgan fingerprint density at radius 1 is 0.829 bits per heavy atom. The van der Waals surface area contributed by atoms with E-state index in [9.17, 15) is 9.59 Å². The van der Waals surface area contributed by atoms with E-state index in [0.717, 1.165) is 12.8 Å². The van der Waals surface area contributed by atoms with E-state index < -0.39 is 0 Å². The van der Waals surface area contributed by atoms with Crippen LogP contribution in [0.3, 0.4) is 0 Å². The molecule has 6 nitrogen and oxygen atoms in total. The molecule has 3 aromatic rings. The standard InChI is InChI=1S/C27H28BrN3O3S/c1-2-3-4-8-17-34-24-16-11-20(18-23(24)28)26(33)31-27(35)30-22-14-12-21(13-15-22)29-25(32)19-9-6-5-7-10-19/h5-7,9-16,18H,2-4,8,17H2,1H3,(H,29,32)(H2,30,31,33,35). The summed E-state index contributed by atoms with van der Waals surface area (Å²) in [6.07, 6.45) is 4.53. The number of nitrogens with one attached hydrogen (secondary N) is 3. The summed E-state index contributed by atoms with van der Waals surface area (Å²) in [5, 5.41) is 8.66. The average Bonchev–Trinajstić information content (AvgIpc) is 2.86. The van der Waals surface area contributed by atoms with Gasteiger partial charge in [0.05, 0.1) is 11.1 Å². The molecule has 35 heavy (non-hydrogen) atoms. The molecule has 8 heteroatoms. The second-order valence-corrected chi connectivity index (χ2v) is 9.12. The summed E-state index contributed by atoms with van der Waals surface area (Å²) < 4.78 is 6.51. The molecule has 0 radical (unpaired) electrons. The number of hydrogen-bond acceptors (Lipinski definition) is 4. The van der Waals surface area contributed by atoms with Gasteiger partial charge in [-0.2, -0.15) is 0 Å². The van der Waals surface area contributed by atoms with Gasteiger partial charge in [-0.3, -0.25) is 14.9 Å². The molecule has 3 N–H and O–H groups in total. The lowest BCUT2D eigenvalue weighted by Crippen LogP contribution is -2.34. The van der Waals surface area contributed by atoms with Gasteiger partial charge in [0.25, 0.3) is 11.8 Å². The van der Waals surface area contributed by atoms with Crippen LogP contribution in [-0.2, 0) is 0 Å². The van der Waals surface area contributed by atoms with Crippen LogP contribution in [0.2, 0.25) is 0 Å². The van der Waals surface area contributed by atoms with Gasteiger partial charge in [-0.05, 0) is 89.2 Å². The van der Waals surface area contributed by atoms with Crippen LogP contribution in [0.5, 0.6) is 5.75 Å². The normalized spacial score (nSPS) is 10.3. The van der Waals surface area contributed by atoms with Gasteiger partial charge in [0, 0.05) is 22.5 Å². The van der Waals surface area contributed by atoms with Gasteiger partial charge < -0.3 is 15.4 Å². The van der Waals surface area contributed by atoms with E-state index in [1.807, 2.05) is 18.2 Å². The van der Waals surface area contributed by atoms with Crippen LogP contribution < -0.4 is 20.7 Å². The number of rotatable bonds is 10. The molecule has 0 aliphatic heterocycles. The highest BCUT2D eigenvalue weighted by Crippen LogP contribution is 2.26. The third-order valence-corrected chi connectivity index (χ3v) is 5.94. The first-order valence-corrected chi connectivity index (χ1v) is 12.7. The molecule has 3 rings (SSSR count). The highest BCUT2D eigenvalue weighted by Gasteiger charge is 2.11. The molecular weight excluding hydrogens is 526 g/mol. The van der Waals surface area contributed by atoms with Gasteiger partial charge in [0.15, 0.2) is 5.11 Å². The third-order valence-electron chi connectivity index (χ3n) is 5.11. The van der Waals surface area contributed by atoms with Crippen LogP contribution in [0.15, 0.2) is 77.3 Å². The van der Waals surface area contributed by atoms with Crippen LogP contribution in [0.25, 0.3) is 0 Å². The highest BCUT2D eigenvalue weighted by atomic mass is 79.9. The first-order valence-electron chi connectivity index (χ1n) is 11.5. The Hall–Kier alpha value is -3.23. The molecule has 0 unspecified atom stereocenters. The van der Waals surface area contributed by atoms with Crippen molar-refractivity contribution in [2.75, 3.05) is 17.2 Å². The van der Waals surface area contributed by atoms with Crippen LogP contribution in [0.1, 0.15) is 53.3 Å². The van der Waals surface area contributed by atoms with Crippen LogP contribution in [-0.4, -0.2) is 23.5 Å². The van der Waals surface area contributed by atoms with Crippen LogP contribution in [0, 0.1) is 0 Å². The molecule has 0 aliphatic carbocycles. The van der Waals surface area contributed by atoms with Crippen molar-refractivity contribution in [1.29, 1.82) is 0 Å². The number of carbonyl (C=O) groups is 2. The minimum atomic E-state index is -0.329. The van der Waals surface area contributed by atoms with Crippen molar-refractivity contribution >= 4 is 56.4 Å². The predicted octanol–water partition coefficient (Wildman–Crippen LogP) is 6.79. The van der Waals surface area contributed by atoms with Crippen molar-refractivity contribution in [3.8, 4) is 5.75 Å². The maximum Gasteiger partial charge on any atom is 0.257 e. The van der Waals surface area contributed by atoms with E-state index >= 15 is 0 Å². The van der Waals surface area contributed by atoms with E-state index in [0.29, 0.717) is 39.3 Å². The minimum Gasteiger partial charge on any atom is -0.492 e. The molecule has 0 fully saturated rings. The number of carbonyl (C=O) groups excluding carboxylic acids is 2. The van der Waals surface area contributed by atoms with Crippen LogP contribution in [0.4, 0.5) is 11.4 Å². The molecule has 0 spiro atoms. The first-order chi connectivity index (χ1) is 17.0. The zero-order valence-electron chi connectivity index (χ0n) is 19.5.